The first-order valence-corrected chi connectivity index (χ1v) is 7.61. The molecule has 3 aromatic rings. The maximum atomic E-state index is 12.3. The molecule has 2 heterocycles. The Labute approximate surface area is 146 Å². The van der Waals surface area contributed by atoms with Crippen molar-refractivity contribution in [2.45, 2.75) is 0 Å². The molecule has 1 amide bonds. The fraction of sp³-hybridized carbons (Fsp3) is 0.0588. The summed E-state index contributed by atoms with van der Waals surface area (Å²) in [7, 11) is 0. The van der Waals surface area contributed by atoms with Crippen molar-refractivity contribution in [2.75, 3.05) is 6.79 Å². The zero-order chi connectivity index (χ0) is 18.1. The third-order valence-corrected chi connectivity index (χ3v) is 3.92. The van der Waals surface area contributed by atoms with E-state index in [-0.39, 0.29) is 18.0 Å². The molecule has 0 saturated carbocycles. The number of hydrogen-bond acceptors (Lipinski definition) is 6. The number of hydrogen-bond donors (Lipinski definition) is 2. The third kappa shape index (κ3) is 2.71. The number of ether oxygens (including phenoxy) is 2. The van der Waals surface area contributed by atoms with E-state index in [1.165, 1.54) is 18.3 Å². The monoisotopic (exact) mass is 352 g/mol. The number of nitrogens with one attached hydrogen (secondary N) is 2. The fourth-order valence-electron chi connectivity index (χ4n) is 2.69. The first kappa shape index (κ1) is 15.6. The summed E-state index contributed by atoms with van der Waals surface area (Å²) in [5.74, 6) is 0.263. The molecule has 2 aromatic carbocycles. The summed E-state index contributed by atoms with van der Waals surface area (Å²) in [5.41, 5.74) is 3.63. The van der Waals surface area contributed by atoms with Gasteiger partial charge >= 0.3 is 0 Å². The third-order valence-electron chi connectivity index (χ3n) is 3.92. The lowest BCUT2D eigenvalue weighted by Gasteiger charge is -2.01. The lowest BCUT2D eigenvalue weighted by atomic mass is 10.1. The summed E-state index contributed by atoms with van der Waals surface area (Å²) in [6.45, 7) is 0.00435. The number of carbonyl (C=O) groups is 1. The average Bonchev–Trinajstić information content (AvgIpc) is 3.27. The van der Waals surface area contributed by atoms with Gasteiger partial charge in [-0.15, -0.1) is 0 Å². The molecule has 4 rings (SSSR count). The predicted octanol–water partition coefficient (Wildman–Crippen LogP) is 2.57. The van der Waals surface area contributed by atoms with Gasteiger partial charge in [0.25, 0.3) is 11.6 Å². The minimum Gasteiger partial charge on any atom is -0.454 e. The highest BCUT2D eigenvalue weighted by atomic mass is 16.7. The van der Waals surface area contributed by atoms with E-state index in [1.54, 1.807) is 6.20 Å². The molecular formula is C17H12N4O5. The van der Waals surface area contributed by atoms with Gasteiger partial charge in [0.05, 0.1) is 28.3 Å². The van der Waals surface area contributed by atoms with E-state index in [0.29, 0.717) is 17.1 Å². The van der Waals surface area contributed by atoms with Crippen LogP contribution in [-0.2, 0) is 0 Å². The van der Waals surface area contributed by atoms with Crippen LogP contribution in [0.2, 0.25) is 0 Å². The van der Waals surface area contributed by atoms with Gasteiger partial charge in [-0.3, -0.25) is 14.9 Å². The lowest BCUT2D eigenvalue weighted by Crippen LogP contribution is -2.17. The number of hydrazone groups is 1. The quantitative estimate of drug-likeness (QED) is 0.425. The van der Waals surface area contributed by atoms with Crippen molar-refractivity contribution in [3.05, 3.63) is 63.8 Å². The van der Waals surface area contributed by atoms with Crippen LogP contribution < -0.4 is 14.9 Å². The molecule has 0 fully saturated rings. The van der Waals surface area contributed by atoms with Gasteiger partial charge in [0.1, 0.15) is 0 Å². The normalized spacial score (nSPS) is 12.6. The van der Waals surface area contributed by atoms with Gasteiger partial charge in [0.15, 0.2) is 11.5 Å². The van der Waals surface area contributed by atoms with E-state index < -0.39 is 10.8 Å². The van der Waals surface area contributed by atoms with Gasteiger partial charge < -0.3 is 14.5 Å². The first-order valence-electron chi connectivity index (χ1n) is 7.61. The number of aromatic amines is 1. The number of nitro benzene ring substituents is 1. The SMILES string of the molecule is O=C(NN=Cc1cc2c(cc1[N+](=O)[O-])OCO2)c1c[nH]c2ccccc12. The number of nitrogens with zero attached hydrogens (tertiary/aromatic N) is 2. The second-order valence-corrected chi connectivity index (χ2v) is 5.47. The smallest absolute Gasteiger partial charge is 0.282 e. The summed E-state index contributed by atoms with van der Waals surface area (Å²) in [4.78, 5) is 25.9. The Morgan fingerprint density at radius 3 is 2.85 bits per heavy atom. The number of rotatable bonds is 4. The number of carbonyl (C=O) groups excluding carboxylic acids is 1. The van der Waals surface area contributed by atoms with E-state index in [4.69, 9.17) is 9.47 Å². The number of H-pyrrole nitrogens is 1. The number of benzene rings is 2. The predicted molar refractivity (Wildman–Crippen MR) is 92.6 cm³/mol. The molecule has 1 aromatic heterocycles. The van der Waals surface area contributed by atoms with Crippen molar-refractivity contribution < 1.29 is 19.2 Å². The molecule has 2 N–H and O–H groups in total. The average molecular weight is 352 g/mol. The standard InChI is InChI=1S/C17H12N4O5/c22-17(12-8-18-13-4-2-1-3-11(12)13)20-19-7-10-5-15-16(26-9-25-15)6-14(10)21(23)24/h1-8,18H,9H2,(H,20,22). The maximum absolute atomic E-state index is 12.3. The van der Waals surface area contributed by atoms with Crippen LogP contribution in [-0.4, -0.2) is 28.8 Å². The molecule has 0 spiro atoms. The van der Waals surface area contributed by atoms with E-state index in [1.807, 2.05) is 24.3 Å². The Kier molecular flexibility index (Phi) is 3.73. The topological polar surface area (TPSA) is 119 Å². The summed E-state index contributed by atoms with van der Waals surface area (Å²) in [6, 6.07) is 10.1. The second kappa shape index (κ2) is 6.20. The van der Waals surface area contributed by atoms with Crippen molar-refractivity contribution in [3.8, 4) is 11.5 Å². The van der Waals surface area contributed by atoms with Crippen molar-refractivity contribution >= 4 is 28.7 Å². The summed E-state index contributed by atoms with van der Waals surface area (Å²) < 4.78 is 10.3. The fourth-order valence-corrected chi connectivity index (χ4v) is 2.69. The molecular weight excluding hydrogens is 340 g/mol. The van der Waals surface area contributed by atoms with E-state index in [9.17, 15) is 14.9 Å². The Morgan fingerprint density at radius 2 is 2.04 bits per heavy atom. The van der Waals surface area contributed by atoms with Gasteiger partial charge in [-0.1, -0.05) is 18.2 Å². The minimum absolute atomic E-state index is 0.00435. The Balaban J connectivity index is 1.57. The van der Waals surface area contributed by atoms with Crippen LogP contribution in [0.5, 0.6) is 11.5 Å². The molecule has 0 radical (unpaired) electrons. The zero-order valence-corrected chi connectivity index (χ0v) is 13.3. The first-order chi connectivity index (χ1) is 12.6. The maximum Gasteiger partial charge on any atom is 0.282 e. The van der Waals surface area contributed by atoms with Gasteiger partial charge in [0, 0.05) is 17.1 Å². The molecule has 9 nitrogen and oxygen atoms in total. The van der Waals surface area contributed by atoms with Crippen LogP contribution in [0.1, 0.15) is 15.9 Å². The molecule has 130 valence electrons. The summed E-state index contributed by atoms with van der Waals surface area (Å²) in [5, 5.41) is 15.8. The van der Waals surface area contributed by atoms with Gasteiger partial charge in [-0.25, -0.2) is 5.43 Å². The van der Waals surface area contributed by atoms with Gasteiger partial charge in [-0.2, -0.15) is 5.10 Å². The van der Waals surface area contributed by atoms with Crippen molar-refractivity contribution in [1.82, 2.24) is 10.4 Å². The molecule has 26 heavy (non-hydrogen) atoms. The zero-order valence-electron chi connectivity index (χ0n) is 13.3. The summed E-state index contributed by atoms with van der Waals surface area (Å²) >= 11 is 0. The van der Waals surface area contributed by atoms with Crippen LogP contribution in [0.4, 0.5) is 5.69 Å². The van der Waals surface area contributed by atoms with Crippen LogP contribution in [0.15, 0.2) is 47.7 Å². The molecule has 0 saturated heterocycles. The van der Waals surface area contributed by atoms with E-state index in [2.05, 4.69) is 15.5 Å². The van der Waals surface area contributed by atoms with Gasteiger partial charge in [0.2, 0.25) is 6.79 Å². The Morgan fingerprint density at radius 1 is 1.27 bits per heavy atom. The van der Waals surface area contributed by atoms with Crippen LogP contribution >= 0.6 is 0 Å². The van der Waals surface area contributed by atoms with E-state index in [0.717, 1.165) is 10.9 Å². The molecule has 9 heteroatoms. The van der Waals surface area contributed by atoms with Crippen LogP contribution in [0.25, 0.3) is 10.9 Å². The van der Waals surface area contributed by atoms with Crippen LogP contribution in [0.3, 0.4) is 0 Å². The molecule has 0 unspecified atom stereocenters. The highest BCUT2D eigenvalue weighted by Gasteiger charge is 2.22. The van der Waals surface area contributed by atoms with Crippen molar-refractivity contribution in [1.29, 1.82) is 0 Å². The molecule has 1 aliphatic rings. The number of aromatic nitrogens is 1. The molecule has 1 aliphatic heterocycles. The summed E-state index contributed by atoms with van der Waals surface area (Å²) in [6.07, 6.45) is 2.78. The van der Waals surface area contributed by atoms with Crippen LogP contribution in [0, 0.1) is 10.1 Å². The number of amides is 1. The highest BCUT2D eigenvalue weighted by Crippen LogP contribution is 2.37. The minimum atomic E-state index is -0.551. The van der Waals surface area contributed by atoms with Gasteiger partial charge in [-0.05, 0) is 12.1 Å². The second-order valence-electron chi connectivity index (χ2n) is 5.47. The highest BCUT2D eigenvalue weighted by molar-refractivity contribution is 6.06. The Hall–Kier alpha value is -3.88. The molecule has 0 atom stereocenters. The molecule has 0 bridgehead atoms. The largest absolute Gasteiger partial charge is 0.454 e. The number of nitro groups is 1. The van der Waals surface area contributed by atoms with Crippen molar-refractivity contribution in [2.24, 2.45) is 5.10 Å². The lowest BCUT2D eigenvalue weighted by molar-refractivity contribution is -0.385. The Bertz CT molecular complexity index is 1060. The van der Waals surface area contributed by atoms with Crippen molar-refractivity contribution in [3.63, 3.8) is 0 Å². The molecule has 0 aliphatic carbocycles. The van der Waals surface area contributed by atoms with E-state index >= 15 is 0 Å². The number of fused-ring (bicyclic) bond motifs is 2. The number of para-hydroxylation sites is 1.